The van der Waals surface area contributed by atoms with Gasteiger partial charge in [-0.15, -0.1) is 0 Å². The van der Waals surface area contributed by atoms with Gasteiger partial charge >= 0.3 is 4.87 Å². The van der Waals surface area contributed by atoms with Crippen LogP contribution in [0, 0.1) is 0 Å². The molecule has 0 saturated heterocycles. The average Bonchev–Trinajstić information content (AvgIpc) is 3.01. The summed E-state index contributed by atoms with van der Waals surface area (Å²) in [7, 11) is -2.16. The van der Waals surface area contributed by atoms with Gasteiger partial charge in [-0.25, -0.2) is 13.1 Å². The highest BCUT2D eigenvalue weighted by atomic mass is 32.2. The van der Waals surface area contributed by atoms with Gasteiger partial charge in [-0.3, -0.25) is 9.36 Å². The number of thiazole rings is 1. The van der Waals surface area contributed by atoms with Crippen molar-refractivity contribution < 1.29 is 17.9 Å². The van der Waals surface area contributed by atoms with Crippen molar-refractivity contribution in [1.82, 2.24) is 9.29 Å². The van der Waals surface area contributed by atoms with Crippen molar-refractivity contribution in [3.63, 3.8) is 0 Å². The summed E-state index contributed by atoms with van der Waals surface area (Å²) in [5.74, 6) is 1.34. The fourth-order valence-corrected chi connectivity index (χ4v) is 5.31. The predicted octanol–water partition coefficient (Wildman–Crippen LogP) is 3.40. The minimum absolute atomic E-state index is 0.00644. The zero-order chi connectivity index (χ0) is 21.2. The number of methoxy groups -OCH3 is 1. The molecule has 0 amide bonds. The van der Waals surface area contributed by atoms with E-state index in [1.54, 1.807) is 55.0 Å². The Morgan fingerprint density at radius 3 is 2.34 bits per heavy atom. The van der Waals surface area contributed by atoms with Crippen molar-refractivity contribution in [3.05, 3.63) is 52.1 Å². The number of sulfonamides is 1. The molecule has 0 radical (unpaired) electrons. The van der Waals surface area contributed by atoms with Gasteiger partial charge in [-0.05, 0) is 63.2 Å². The van der Waals surface area contributed by atoms with E-state index in [1.165, 1.54) is 6.07 Å². The molecule has 0 aliphatic carbocycles. The molecule has 0 aliphatic rings. The zero-order valence-corrected chi connectivity index (χ0v) is 18.3. The van der Waals surface area contributed by atoms with Crippen LogP contribution < -0.4 is 19.1 Å². The second-order valence-corrected chi connectivity index (χ2v) is 9.68. The Kier molecular flexibility index (Phi) is 6.30. The van der Waals surface area contributed by atoms with E-state index in [1.807, 2.05) is 13.8 Å². The lowest BCUT2D eigenvalue weighted by Crippen LogP contribution is -2.36. The first-order valence-electron chi connectivity index (χ1n) is 9.15. The predicted molar refractivity (Wildman–Crippen MR) is 115 cm³/mol. The van der Waals surface area contributed by atoms with Crippen LogP contribution in [0.1, 0.15) is 26.8 Å². The van der Waals surface area contributed by atoms with Crippen molar-refractivity contribution in [2.45, 2.75) is 37.8 Å². The summed E-state index contributed by atoms with van der Waals surface area (Å²) < 4.78 is 41.1. The molecule has 3 aromatic rings. The van der Waals surface area contributed by atoms with E-state index >= 15 is 0 Å². The molecular weight excluding hydrogens is 412 g/mol. The monoisotopic (exact) mass is 436 g/mol. The van der Waals surface area contributed by atoms with E-state index in [4.69, 9.17) is 9.47 Å². The molecule has 156 valence electrons. The minimum atomic E-state index is -3.74. The summed E-state index contributed by atoms with van der Waals surface area (Å²) in [6.45, 7) is 5.74. The number of benzene rings is 2. The molecule has 0 bridgehead atoms. The number of nitrogens with one attached hydrogen (secondary N) is 1. The Labute approximate surface area is 173 Å². The molecule has 1 heterocycles. The summed E-state index contributed by atoms with van der Waals surface area (Å²) in [5, 5.41) is 0. The maximum absolute atomic E-state index is 12.7. The van der Waals surface area contributed by atoms with Crippen LogP contribution in [0.25, 0.3) is 10.2 Å². The van der Waals surface area contributed by atoms with Crippen molar-refractivity contribution in [3.8, 4) is 11.5 Å². The molecule has 1 N–H and O–H groups in total. The smallest absolute Gasteiger partial charge is 0.308 e. The number of nitrogens with zero attached hydrogens (tertiary/aromatic N) is 1. The van der Waals surface area contributed by atoms with Gasteiger partial charge in [0, 0.05) is 6.04 Å². The van der Waals surface area contributed by atoms with Gasteiger partial charge in [-0.1, -0.05) is 11.3 Å². The fraction of sp³-hybridized carbons (Fsp3) is 0.350. The number of hydrogen-bond acceptors (Lipinski definition) is 6. The highest BCUT2D eigenvalue weighted by Gasteiger charge is 2.20. The topological polar surface area (TPSA) is 86.6 Å². The molecule has 3 rings (SSSR count). The van der Waals surface area contributed by atoms with Gasteiger partial charge < -0.3 is 9.47 Å². The molecule has 2 aromatic carbocycles. The number of rotatable bonds is 8. The third-order valence-corrected chi connectivity index (χ3v) is 6.83. The molecular formula is C20H24N2O5S2. The molecule has 0 aliphatic heterocycles. The van der Waals surface area contributed by atoms with Crippen LogP contribution in [0.2, 0.25) is 0 Å². The van der Waals surface area contributed by atoms with Crippen molar-refractivity contribution >= 4 is 31.6 Å². The van der Waals surface area contributed by atoms with Crippen LogP contribution in [-0.2, 0) is 10.0 Å². The summed E-state index contributed by atoms with van der Waals surface area (Å²) in [5.41, 5.74) is 0.741. The summed E-state index contributed by atoms with van der Waals surface area (Å²) >= 11 is 1.05. The van der Waals surface area contributed by atoms with Crippen molar-refractivity contribution in [2.24, 2.45) is 0 Å². The van der Waals surface area contributed by atoms with Crippen LogP contribution in [0.5, 0.6) is 11.5 Å². The molecule has 0 spiro atoms. The molecule has 0 fully saturated rings. The minimum Gasteiger partial charge on any atom is -0.497 e. The van der Waals surface area contributed by atoms with E-state index in [0.717, 1.165) is 22.6 Å². The second kappa shape index (κ2) is 8.56. The second-order valence-electron chi connectivity index (χ2n) is 6.97. The number of ether oxygens (including phenoxy) is 2. The SMILES string of the molecule is COc1ccc(OC[C@@H](C)NS(=O)(=O)c2ccc3c(c2)sc(=O)n3C(C)C)cc1. The van der Waals surface area contributed by atoms with Gasteiger partial charge in [-0.2, -0.15) is 0 Å². The quantitative estimate of drug-likeness (QED) is 0.585. The maximum Gasteiger partial charge on any atom is 0.308 e. The first-order chi connectivity index (χ1) is 13.7. The molecule has 1 atom stereocenters. The standard InChI is InChI=1S/C20H24N2O5S2/c1-13(2)22-18-10-9-17(11-19(18)28-20(22)23)29(24,25)21-14(3)12-27-16-7-5-15(26-4)6-8-16/h5-11,13-14,21H,12H2,1-4H3/t14-/m1/s1. The Hall–Kier alpha value is -2.36. The molecule has 7 nitrogen and oxygen atoms in total. The average molecular weight is 437 g/mol. The molecule has 0 unspecified atom stereocenters. The van der Waals surface area contributed by atoms with E-state index in [0.29, 0.717) is 10.4 Å². The number of aromatic nitrogens is 1. The Morgan fingerprint density at radius 1 is 1.07 bits per heavy atom. The summed E-state index contributed by atoms with van der Waals surface area (Å²) in [6, 6.07) is 11.4. The van der Waals surface area contributed by atoms with Gasteiger partial charge in [0.25, 0.3) is 0 Å². The molecule has 9 heteroatoms. The third kappa shape index (κ3) is 4.80. The summed E-state index contributed by atoms with van der Waals surface area (Å²) in [4.78, 5) is 12.2. The molecule has 1 aromatic heterocycles. The lowest BCUT2D eigenvalue weighted by molar-refractivity contribution is 0.287. The highest BCUT2D eigenvalue weighted by Crippen LogP contribution is 2.24. The van der Waals surface area contributed by atoms with E-state index in [-0.39, 0.29) is 22.4 Å². The van der Waals surface area contributed by atoms with Crippen LogP contribution in [0.3, 0.4) is 0 Å². The summed E-state index contributed by atoms with van der Waals surface area (Å²) in [6.07, 6.45) is 0. The van der Waals surface area contributed by atoms with Crippen molar-refractivity contribution in [2.75, 3.05) is 13.7 Å². The Morgan fingerprint density at radius 2 is 1.72 bits per heavy atom. The largest absolute Gasteiger partial charge is 0.497 e. The van der Waals surface area contributed by atoms with Crippen molar-refractivity contribution in [1.29, 1.82) is 0 Å². The normalized spacial score (nSPS) is 13.0. The van der Waals surface area contributed by atoms with Gasteiger partial charge in [0.1, 0.15) is 18.1 Å². The van der Waals surface area contributed by atoms with E-state index < -0.39 is 16.1 Å². The first-order valence-corrected chi connectivity index (χ1v) is 11.5. The lowest BCUT2D eigenvalue weighted by Gasteiger charge is -2.16. The van der Waals surface area contributed by atoms with Crippen LogP contribution in [0.15, 0.2) is 52.2 Å². The van der Waals surface area contributed by atoms with Gasteiger partial charge in [0.15, 0.2) is 0 Å². The first kappa shape index (κ1) is 21.4. The fourth-order valence-electron chi connectivity index (χ4n) is 2.93. The highest BCUT2D eigenvalue weighted by molar-refractivity contribution is 7.89. The number of fused-ring (bicyclic) bond motifs is 1. The number of hydrogen-bond donors (Lipinski definition) is 1. The van der Waals surface area contributed by atoms with Crippen LogP contribution >= 0.6 is 11.3 Å². The van der Waals surface area contributed by atoms with Gasteiger partial charge in [0.05, 0.1) is 28.3 Å². The van der Waals surface area contributed by atoms with E-state index in [9.17, 15) is 13.2 Å². The zero-order valence-electron chi connectivity index (χ0n) is 16.7. The Bertz CT molecular complexity index is 1150. The molecule has 29 heavy (non-hydrogen) atoms. The van der Waals surface area contributed by atoms with E-state index in [2.05, 4.69) is 4.72 Å². The van der Waals surface area contributed by atoms with Crippen LogP contribution in [0.4, 0.5) is 0 Å². The van der Waals surface area contributed by atoms with Gasteiger partial charge in [0.2, 0.25) is 10.0 Å². The Balaban J connectivity index is 1.71. The maximum atomic E-state index is 12.7. The third-order valence-electron chi connectivity index (χ3n) is 4.33. The molecule has 0 saturated carbocycles. The lowest BCUT2D eigenvalue weighted by atomic mass is 10.3. The van der Waals surface area contributed by atoms with Crippen LogP contribution in [-0.4, -0.2) is 32.7 Å².